The summed E-state index contributed by atoms with van der Waals surface area (Å²) in [5, 5.41) is 2.76. The van der Waals surface area contributed by atoms with E-state index in [0.29, 0.717) is 17.2 Å². The average Bonchev–Trinajstić information content (AvgIpc) is 2.95. The van der Waals surface area contributed by atoms with Gasteiger partial charge in [0, 0.05) is 13.0 Å². The fourth-order valence-corrected chi connectivity index (χ4v) is 4.28. The first kappa shape index (κ1) is 21.0. The van der Waals surface area contributed by atoms with Gasteiger partial charge in [-0.1, -0.05) is 19.3 Å². The Morgan fingerprint density at radius 2 is 1.66 bits per heavy atom. The monoisotopic (exact) mass is 404 g/mol. The van der Waals surface area contributed by atoms with Crippen molar-refractivity contribution in [3.8, 4) is 17.2 Å². The minimum Gasteiger partial charge on any atom is -0.493 e. The fourth-order valence-electron chi connectivity index (χ4n) is 4.28. The number of ether oxygens (including phenoxy) is 3. The van der Waals surface area contributed by atoms with Gasteiger partial charge < -0.3 is 19.5 Å². The molecule has 3 amide bonds. The highest BCUT2D eigenvalue weighted by molar-refractivity contribution is 6.08. The molecule has 1 aliphatic carbocycles. The van der Waals surface area contributed by atoms with Crippen molar-refractivity contribution < 1.29 is 28.6 Å². The Morgan fingerprint density at radius 1 is 1.03 bits per heavy atom. The number of likely N-dealkylation sites (tertiary alicyclic amines) is 1. The molecule has 8 nitrogen and oxygen atoms in total. The van der Waals surface area contributed by atoms with E-state index in [1.165, 1.54) is 21.3 Å². The summed E-state index contributed by atoms with van der Waals surface area (Å²) >= 11 is 0. The van der Waals surface area contributed by atoms with Crippen molar-refractivity contribution in [3.63, 3.8) is 0 Å². The molecule has 2 aliphatic rings. The summed E-state index contributed by atoms with van der Waals surface area (Å²) < 4.78 is 15.9. The standard InChI is InChI=1S/C21H28N2O6/c1-27-15-9-14(10-16(28-2)19(15)29-3)12-22-17(24)13-23-18(25)11-21(20(23)26)7-5-4-6-8-21/h9-10H,4-8,11-13H2,1-3H3,(H,22,24). The van der Waals surface area contributed by atoms with Crippen molar-refractivity contribution in [2.75, 3.05) is 27.9 Å². The van der Waals surface area contributed by atoms with Crippen LogP contribution >= 0.6 is 0 Å². The topological polar surface area (TPSA) is 94.2 Å². The highest BCUT2D eigenvalue weighted by atomic mass is 16.5. The zero-order chi connectivity index (χ0) is 21.0. The molecule has 1 N–H and O–H groups in total. The molecule has 1 aliphatic heterocycles. The molecule has 2 fully saturated rings. The molecule has 0 aromatic heterocycles. The van der Waals surface area contributed by atoms with Crippen LogP contribution in [-0.4, -0.2) is 50.5 Å². The van der Waals surface area contributed by atoms with Crippen molar-refractivity contribution in [3.05, 3.63) is 17.7 Å². The van der Waals surface area contributed by atoms with Crippen LogP contribution in [0.3, 0.4) is 0 Å². The summed E-state index contributed by atoms with van der Waals surface area (Å²) in [5.41, 5.74) is 0.169. The Kier molecular flexibility index (Phi) is 6.30. The Labute approximate surface area is 170 Å². The van der Waals surface area contributed by atoms with Crippen LogP contribution in [0, 0.1) is 5.41 Å². The van der Waals surface area contributed by atoms with Gasteiger partial charge in [-0.15, -0.1) is 0 Å². The summed E-state index contributed by atoms with van der Waals surface area (Å²) in [4.78, 5) is 38.7. The van der Waals surface area contributed by atoms with Crippen molar-refractivity contribution in [1.82, 2.24) is 10.2 Å². The Bertz CT molecular complexity index is 775. The zero-order valence-electron chi connectivity index (χ0n) is 17.2. The maximum atomic E-state index is 12.8. The second kappa shape index (κ2) is 8.71. The van der Waals surface area contributed by atoms with Gasteiger partial charge in [0.2, 0.25) is 23.5 Å². The maximum absolute atomic E-state index is 12.8. The van der Waals surface area contributed by atoms with E-state index in [2.05, 4.69) is 5.32 Å². The van der Waals surface area contributed by atoms with Crippen molar-refractivity contribution in [1.29, 1.82) is 0 Å². The predicted octanol–water partition coefficient (Wildman–Crippen LogP) is 2.04. The molecule has 0 bridgehead atoms. The van der Waals surface area contributed by atoms with Crippen LogP contribution in [0.5, 0.6) is 17.2 Å². The number of methoxy groups -OCH3 is 3. The van der Waals surface area contributed by atoms with Gasteiger partial charge in [-0.2, -0.15) is 0 Å². The first-order valence-corrected chi connectivity index (χ1v) is 9.84. The van der Waals surface area contributed by atoms with E-state index in [-0.39, 0.29) is 37.2 Å². The Morgan fingerprint density at radius 3 is 2.21 bits per heavy atom. The van der Waals surface area contributed by atoms with Gasteiger partial charge >= 0.3 is 0 Å². The SMILES string of the molecule is COc1cc(CNC(=O)CN2C(=O)CC3(CCCCC3)C2=O)cc(OC)c1OC. The van der Waals surface area contributed by atoms with E-state index < -0.39 is 5.41 Å². The lowest BCUT2D eigenvalue weighted by Gasteiger charge is -2.30. The third-order valence-corrected chi connectivity index (χ3v) is 5.82. The van der Waals surface area contributed by atoms with Gasteiger partial charge in [0.05, 0.1) is 26.7 Å². The van der Waals surface area contributed by atoms with E-state index in [1.54, 1.807) is 12.1 Å². The lowest BCUT2D eigenvalue weighted by atomic mass is 9.73. The summed E-state index contributed by atoms with van der Waals surface area (Å²) in [6.45, 7) is -0.0409. The normalized spacial score (nSPS) is 18.1. The minimum atomic E-state index is -0.577. The molecular weight excluding hydrogens is 376 g/mol. The second-order valence-corrected chi connectivity index (χ2v) is 7.61. The molecule has 8 heteroatoms. The number of rotatable bonds is 7. The molecule has 1 saturated carbocycles. The number of benzene rings is 1. The molecule has 3 rings (SSSR count). The highest BCUT2D eigenvalue weighted by Gasteiger charge is 2.51. The van der Waals surface area contributed by atoms with Gasteiger partial charge in [-0.3, -0.25) is 19.3 Å². The summed E-state index contributed by atoms with van der Waals surface area (Å²) in [6, 6.07) is 3.48. The fraction of sp³-hybridized carbons (Fsp3) is 0.571. The molecule has 29 heavy (non-hydrogen) atoms. The van der Waals surface area contributed by atoms with E-state index in [9.17, 15) is 14.4 Å². The van der Waals surface area contributed by atoms with Crippen LogP contribution in [0.15, 0.2) is 12.1 Å². The van der Waals surface area contributed by atoms with E-state index >= 15 is 0 Å². The van der Waals surface area contributed by atoms with Crippen LogP contribution in [0.2, 0.25) is 0 Å². The third-order valence-electron chi connectivity index (χ3n) is 5.82. The quantitative estimate of drug-likeness (QED) is 0.699. The molecule has 158 valence electrons. The van der Waals surface area contributed by atoms with Gasteiger partial charge in [0.25, 0.3) is 0 Å². The summed E-state index contributed by atoms with van der Waals surface area (Å²) in [7, 11) is 4.56. The van der Waals surface area contributed by atoms with Crippen LogP contribution < -0.4 is 19.5 Å². The van der Waals surface area contributed by atoms with Crippen molar-refractivity contribution in [2.45, 2.75) is 45.1 Å². The van der Waals surface area contributed by atoms with E-state index in [4.69, 9.17) is 14.2 Å². The number of hydrogen-bond acceptors (Lipinski definition) is 6. The number of imide groups is 1. The van der Waals surface area contributed by atoms with Gasteiger partial charge in [0.1, 0.15) is 6.54 Å². The number of nitrogens with zero attached hydrogens (tertiary/aromatic N) is 1. The molecule has 1 saturated heterocycles. The van der Waals surface area contributed by atoms with Crippen LogP contribution in [0.4, 0.5) is 0 Å². The molecule has 0 radical (unpaired) electrons. The van der Waals surface area contributed by atoms with Gasteiger partial charge in [-0.25, -0.2) is 0 Å². The lowest BCUT2D eigenvalue weighted by Crippen LogP contribution is -2.42. The van der Waals surface area contributed by atoms with Gasteiger partial charge in [-0.05, 0) is 30.5 Å². The minimum absolute atomic E-state index is 0.190. The summed E-state index contributed by atoms with van der Waals surface area (Å²) in [6.07, 6.45) is 4.72. The molecule has 1 heterocycles. The highest BCUT2D eigenvalue weighted by Crippen LogP contribution is 2.45. The molecular formula is C21H28N2O6. The number of amides is 3. The molecule has 1 aromatic carbocycles. The number of carbonyl (C=O) groups is 3. The Balaban J connectivity index is 1.63. The first-order valence-electron chi connectivity index (χ1n) is 9.84. The van der Waals surface area contributed by atoms with Crippen LogP contribution in [0.1, 0.15) is 44.1 Å². The second-order valence-electron chi connectivity index (χ2n) is 7.61. The van der Waals surface area contributed by atoms with E-state index in [0.717, 1.165) is 42.6 Å². The number of nitrogens with one attached hydrogen (secondary N) is 1. The first-order chi connectivity index (χ1) is 13.9. The largest absolute Gasteiger partial charge is 0.493 e. The third kappa shape index (κ3) is 4.16. The zero-order valence-corrected chi connectivity index (χ0v) is 17.2. The molecule has 1 spiro atoms. The maximum Gasteiger partial charge on any atom is 0.240 e. The van der Waals surface area contributed by atoms with Crippen LogP contribution in [0.25, 0.3) is 0 Å². The average molecular weight is 404 g/mol. The Hall–Kier alpha value is -2.77. The van der Waals surface area contributed by atoms with Crippen molar-refractivity contribution in [2.24, 2.45) is 5.41 Å². The molecule has 0 unspecified atom stereocenters. The number of carbonyl (C=O) groups excluding carboxylic acids is 3. The predicted molar refractivity (Wildman–Crippen MR) is 105 cm³/mol. The van der Waals surface area contributed by atoms with Crippen molar-refractivity contribution >= 4 is 17.7 Å². The smallest absolute Gasteiger partial charge is 0.240 e. The lowest BCUT2D eigenvalue weighted by molar-refractivity contribution is -0.145. The number of hydrogen-bond donors (Lipinski definition) is 1. The molecule has 1 aromatic rings. The molecule has 0 atom stereocenters. The summed E-state index contributed by atoms with van der Waals surface area (Å²) in [5.74, 6) is 0.620. The van der Waals surface area contributed by atoms with Gasteiger partial charge in [0.15, 0.2) is 11.5 Å². The van der Waals surface area contributed by atoms with Crippen LogP contribution in [-0.2, 0) is 20.9 Å². The van der Waals surface area contributed by atoms with E-state index in [1.807, 2.05) is 0 Å².